The number of ether oxygens (including phenoxy) is 2. The Kier molecular flexibility index (Phi) is 30.6. The molecule has 84 heavy (non-hydrogen) atoms. The number of ketones is 2. The minimum Gasteiger partial charge on any atom is -0.481 e. The highest BCUT2D eigenvalue weighted by Crippen LogP contribution is 2.36. The summed E-state index contributed by atoms with van der Waals surface area (Å²) >= 11 is 0. The summed E-state index contributed by atoms with van der Waals surface area (Å²) in [5, 5.41) is 20.0. The molecule has 0 saturated carbocycles. The number of rotatable bonds is 38. The number of carbonyl (C=O) groups excluding carboxylic acids is 4. The molecule has 0 saturated heterocycles. The summed E-state index contributed by atoms with van der Waals surface area (Å²) < 4.78 is 10.9. The lowest BCUT2D eigenvalue weighted by Gasteiger charge is -2.28. The van der Waals surface area contributed by atoms with Crippen molar-refractivity contribution in [1.82, 2.24) is 0 Å². The molecule has 10 heteroatoms. The maximum absolute atomic E-state index is 13.0. The standard InChI is InChI=1S/C39H58O5.C35H50O5/c1-9-43-36(41)38(7,33-21-17-31(18-22-33)27-29(3)4)25-13-11-15-35(40)16-12-14-26-39(8,37(42)44-10-2)34-23-19-32(20-24-34)28-30(5)6;1-25(2)23-27-13-17-29(18-14-27)34(5,32(37)38)21-9-7-11-31(36)12-8-10-22-35(6,33(39)40)30-19-15-28(16-20-30)24-26(3)4/h17-24,29-30H,9-16,25-28H2,1-8H3;13-20,25-26H,7-12,21-24H2,1-6H3,(H,37,38)(H,39,40). The van der Waals surface area contributed by atoms with Crippen LogP contribution < -0.4 is 0 Å². The number of carboxylic acids is 2. The first-order valence-electron chi connectivity index (χ1n) is 31.9. The molecular formula is C74H108O10. The van der Waals surface area contributed by atoms with Crippen LogP contribution in [0.5, 0.6) is 0 Å². The molecule has 464 valence electrons. The topological polar surface area (TPSA) is 161 Å². The molecular weight excluding hydrogens is 1050 g/mol. The Labute approximate surface area is 507 Å². The molecule has 0 aliphatic rings. The number of aliphatic carboxylic acids is 2. The zero-order valence-corrected chi connectivity index (χ0v) is 54.3. The van der Waals surface area contributed by atoms with Crippen LogP contribution in [0.2, 0.25) is 0 Å². The van der Waals surface area contributed by atoms with Crippen molar-refractivity contribution in [2.45, 2.75) is 247 Å². The minimum absolute atomic E-state index is 0.158. The Hall–Kier alpha value is -5.90. The van der Waals surface area contributed by atoms with Crippen LogP contribution in [0, 0.1) is 23.7 Å². The van der Waals surface area contributed by atoms with Gasteiger partial charge in [0.05, 0.1) is 34.9 Å². The fraction of sp³-hybridized carbons (Fsp3) is 0.595. The Morgan fingerprint density at radius 2 is 0.548 bits per heavy atom. The first kappa shape index (κ1) is 72.4. The van der Waals surface area contributed by atoms with E-state index in [0.717, 1.165) is 73.6 Å². The molecule has 0 amide bonds. The van der Waals surface area contributed by atoms with Crippen molar-refractivity contribution >= 4 is 35.4 Å². The Morgan fingerprint density at radius 3 is 0.738 bits per heavy atom. The lowest BCUT2D eigenvalue weighted by atomic mass is 9.77. The minimum atomic E-state index is -0.978. The molecule has 0 spiro atoms. The predicted molar refractivity (Wildman–Crippen MR) is 342 cm³/mol. The van der Waals surface area contributed by atoms with E-state index in [1.807, 2.05) is 76.2 Å². The van der Waals surface area contributed by atoms with Crippen molar-refractivity contribution in [3.05, 3.63) is 142 Å². The van der Waals surface area contributed by atoms with Gasteiger partial charge < -0.3 is 19.7 Å². The number of carboxylic acid groups (broad SMARTS) is 2. The van der Waals surface area contributed by atoms with E-state index in [4.69, 9.17) is 9.47 Å². The van der Waals surface area contributed by atoms with Crippen LogP contribution in [0.25, 0.3) is 0 Å². The SMILES string of the molecule is CC(C)Cc1ccc(C(C)(CCCCC(=O)CCCCC(C)(C(=O)O)c2ccc(CC(C)C)cc2)C(=O)O)cc1.CCOC(=O)C(C)(CCCCC(=O)CCCCC(C)(C(=O)OCC)c1ccc(CC(C)C)cc1)c1ccc(CC(C)C)cc1. The second-order valence-electron chi connectivity index (χ2n) is 26.5. The molecule has 4 aromatic carbocycles. The third kappa shape index (κ3) is 23.2. The van der Waals surface area contributed by atoms with Crippen molar-refractivity contribution < 1.29 is 48.5 Å². The molecule has 4 unspecified atom stereocenters. The Morgan fingerprint density at radius 1 is 0.345 bits per heavy atom. The van der Waals surface area contributed by atoms with Crippen LogP contribution in [-0.2, 0) is 85.6 Å². The van der Waals surface area contributed by atoms with E-state index in [2.05, 4.69) is 104 Å². The van der Waals surface area contributed by atoms with Gasteiger partial charge in [0.15, 0.2) is 0 Å². The number of benzene rings is 4. The normalized spacial score (nSPS) is 14.4. The van der Waals surface area contributed by atoms with Gasteiger partial charge >= 0.3 is 23.9 Å². The van der Waals surface area contributed by atoms with Crippen molar-refractivity contribution in [2.75, 3.05) is 13.2 Å². The first-order chi connectivity index (χ1) is 39.6. The summed E-state index contributed by atoms with van der Waals surface area (Å²) in [6, 6.07) is 32.5. The largest absolute Gasteiger partial charge is 0.481 e. The van der Waals surface area contributed by atoms with E-state index < -0.39 is 33.6 Å². The van der Waals surface area contributed by atoms with Gasteiger partial charge in [-0.1, -0.05) is 178 Å². The monoisotopic (exact) mass is 1160 g/mol. The summed E-state index contributed by atoms with van der Waals surface area (Å²) in [5.41, 5.74) is 5.06. The average Bonchev–Trinajstić information content (AvgIpc) is 2.25. The van der Waals surface area contributed by atoms with Gasteiger partial charge in [-0.2, -0.15) is 0 Å². The van der Waals surface area contributed by atoms with Gasteiger partial charge in [-0.3, -0.25) is 28.8 Å². The maximum Gasteiger partial charge on any atom is 0.316 e. The van der Waals surface area contributed by atoms with Crippen LogP contribution in [0.15, 0.2) is 97.1 Å². The zero-order valence-electron chi connectivity index (χ0n) is 54.3. The molecule has 2 N–H and O–H groups in total. The molecule has 0 fully saturated rings. The Balaban J connectivity index is 0.000000442. The van der Waals surface area contributed by atoms with Gasteiger partial charge in [-0.15, -0.1) is 0 Å². The number of esters is 2. The molecule has 4 atom stereocenters. The fourth-order valence-corrected chi connectivity index (χ4v) is 11.4. The summed E-state index contributed by atoms with van der Waals surface area (Å²) in [5.74, 6) is 0.530. The average molecular weight is 1160 g/mol. The molecule has 4 aromatic rings. The van der Waals surface area contributed by atoms with Crippen LogP contribution in [-0.4, -0.2) is 58.9 Å². The third-order valence-corrected chi connectivity index (χ3v) is 16.9. The molecule has 0 radical (unpaired) electrons. The van der Waals surface area contributed by atoms with Crippen LogP contribution >= 0.6 is 0 Å². The zero-order chi connectivity index (χ0) is 62.7. The molecule has 0 aliphatic heterocycles. The smallest absolute Gasteiger partial charge is 0.316 e. The summed E-state index contributed by atoms with van der Waals surface area (Å²) in [4.78, 5) is 75.7. The van der Waals surface area contributed by atoms with Gasteiger partial charge in [0.25, 0.3) is 0 Å². The molecule has 0 heterocycles. The van der Waals surface area contributed by atoms with Gasteiger partial charge in [0.2, 0.25) is 0 Å². The number of unbranched alkanes of at least 4 members (excludes halogenated alkanes) is 4. The predicted octanol–water partition coefficient (Wildman–Crippen LogP) is 17.3. The number of hydrogen-bond donors (Lipinski definition) is 2. The van der Waals surface area contributed by atoms with Crippen molar-refractivity contribution in [1.29, 1.82) is 0 Å². The Bertz CT molecular complexity index is 2450. The quantitative estimate of drug-likeness (QED) is 0.0326. The third-order valence-electron chi connectivity index (χ3n) is 16.9. The van der Waals surface area contributed by atoms with E-state index in [0.29, 0.717) is 114 Å². The summed E-state index contributed by atoms with van der Waals surface area (Å²) in [6.45, 7) is 29.3. The van der Waals surface area contributed by atoms with Gasteiger partial charge in [0.1, 0.15) is 11.6 Å². The van der Waals surface area contributed by atoms with Crippen LogP contribution in [0.4, 0.5) is 0 Å². The number of hydrogen-bond acceptors (Lipinski definition) is 8. The van der Waals surface area contributed by atoms with E-state index in [1.54, 1.807) is 13.8 Å². The van der Waals surface area contributed by atoms with E-state index in [1.165, 1.54) is 22.3 Å². The lowest BCUT2D eigenvalue weighted by molar-refractivity contribution is -0.150. The van der Waals surface area contributed by atoms with Crippen molar-refractivity contribution in [2.24, 2.45) is 23.7 Å². The lowest BCUT2D eigenvalue weighted by Crippen LogP contribution is -2.34. The van der Waals surface area contributed by atoms with Crippen LogP contribution in [0.3, 0.4) is 0 Å². The number of Topliss-reactive ketones (excluding diaryl/α,β-unsaturated/α-hetero) is 2. The molecule has 4 rings (SSSR count). The van der Waals surface area contributed by atoms with Crippen LogP contribution in [0.1, 0.15) is 244 Å². The fourth-order valence-electron chi connectivity index (χ4n) is 11.4. The molecule has 0 aromatic heterocycles. The number of carbonyl (C=O) groups is 6. The molecule has 10 nitrogen and oxygen atoms in total. The van der Waals surface area contributed by atoms with Gasteiger partial charge in [-0.05, 0) is 187 Å². The second kappa shape index (κ2) is 35.5. The maximum atomic E-state index is 13.0. The summed E-state index contributed by atoms with van der Waals surface area (Å²) in [6.07, 6.45) is 13.7. The highest BCUT2D eigenvalue weighted by molar-refractivity contribution is 5.84. The van der Waals surface area contributed by atoms with E-state index in [-0.39, 0.29) is 23.5 Å². The summed E-state index contributed by atoms with van der Waals surface area (Å²) in [7, 11) is 0. The van der Waals surface area contributed by atoms with E-state index in [9.17, 15) is 39.0 Å². The van der Waals surface area contributed by atoms with Crippen molar-refractivity contribution in [3.63, 3.8) is 0 Å². The van der Waals surface area contributed by atoms with Gasteiger partial charge in [-0.25, -0.2) is 0 Å². The van der Waals surface area contributed by atoms with Crippen molar-refractivity contribution in [3.8, 4) is 0 Å². The second-order valence-corrected chi connectivity index (χ2v) is 26.5. The molecule has 0 aliphatic carbocycles. The van der Waals surface area contributed by atoms with Gasteiger partial charge in [0, 0.05) is 25.7 Å². The highest BCUT2D eigenvalue weighted by atomic mass is 16.5. The molecule has 0 bridgehead atoms. The highest BCUT2D eigenvalue weighted by Gasteiger charge is 2.39. The van der Waals surface area contributed by atoms with E-state index >= 15 is 0 Å². The first-order valence-corrected chi connectivity index (χ1v) is 31.9.